The Morgan fingerprint density at radius 2 is 1.80 bits per heavy atom. The lowest BCUT2D eigenvalue weighted by Crippen LogP contribution is -2.35. The Kier molecular flexibility index (Phi) is 3.58. The van der Waals surface area contributed by atoms with Crippen LogP contribution in [-0.4, -0.2) is 11.6 Å². The number of ether oxygens (including phenoxy) is 1. The van der Waals surface area contributed by atoms with E-state index in [1.54, 1.807) is 0 Å². The van der Waals surface area contributed by atoms with Crippen LogP contribution in [0, 0.1) is 0 Å². The zero-order valence-corrected chi connectivity index (χ0v) is 9.66. The molecule has 0 heterocycles. The first-order valence-electron chi connectivity index (χ1n) is 5.19. The Balaban J connectivity index is 2.64. The molecule has 3 nitrogen and oxygen atoms in total. The van der Waals surface area contributed by atoms with E-state index in [-0.39, 0.29) is 11.6 Å². The Morgan fingerprint density at radius 1 is 1.27 bits per heavy atom. The molecular weight excluding hydrogens is 188 g/mol. The normalized spacial score (nSPS) is 13.6. The van der Waals surface area contributed by atoms with Crippen LogP contribution in [0.1, 0.15) is 27.2 Å². The van der Waals surface area contributed by atoms with Crippen molar-refractivity contribution in [2.75, 3.05) is 5.73 Å². The first kappa shape index (κ1) is 11.9. The maximum absolute atomic E-state index is 5.83. The van der Waals surface area contributed by atoms with Gasteiger partial charge in [0.05, 0.1) is 0 Å². The van der Waals surface area contributed by atoms with Crippen LogP contribution >= 0.6 is 0 Å². The van der Waals surface area contributed by atoms with Crippen molar-refractivity contribution in [1.82, 2.24) is 0 Å². The van der Waals surface area contributed by atoms with Crippen LogP contribution in [0.4, 0.5) is 5.69 Å². The third-order valence-electron chi connectivity index (χ3n) is 2.09. The van der Waals surface area contributed by atoms with Crippen LogP contribution in [0.2, 0.25) is 0 Å². The molecule has 0 radical (unpaired) electrons. The van der Waals surface area contributed by atoms with Crippen molar-refractivity contribution in [2.45, 2.75) is 38.8 Å². The number of hydrogen-bond acceptors (Lipinski definition) is 3. The molecule has 0 amide bonds. The van der Waals surface area contributed by atoms with Crippen LogP contribution in [-0.2, 0) is 0 Å². The highest BCUT2D eigenvalue weighted by molar-refractivity contribution is 5.41. The lowest BCUT2D eigenvalue weighted by molar-refractivity contribution is 0.0933. The second kappa shape index (κ2) is 4.53. The minimum Gasteiger partial charge on any atom is -0.488 e. The van der Waals surface area contributed by atoms with Crippen molar-refractivity contribution in [3.63, 3.8) is 0 Å². The molecule has 1 aromatic rings. The zero-order valence-electron chi connectivity index (χ0n) is 9.66. The molecule has 4 N–H and O–H groups in total. The van der Waals surface area contributed by atoms with Gasteiger partial charge >= 0.3 is 0 Å². The van der Waals surface area contributed by atoms with E-state index in [9.17, 15) is 0 Å². The minimum atomic E-state index is -0.246. The standard InChI is InChI=1S/C12H20N2O/c1-9(13)8-12(2,3)15-11-6-4-10(14)5-7-11/h4-7,9H,8,13-14H2,1-3H3. The van der Waals surface area contributed by atoms with Crippen molar-refractivity contribution in [2.24, 2.45) is 5.73 Å². The van der Waals surface area contributed by atoms with Crippen molar-refractivity contribution >= 4 is 5.69 Å². The van der Waals surface area contributed by atoms with Crippen molar-refractivity contribution < 1.29 is 4.74 Å². The number of benzene rings is 1. The molecule has 0 bridgehead atoms. The van der Waals surface area contributed by atoms with Crippen LogP contribution in [0.15, 0.2) is 24.3 Å². The van der Waals surface area contributed by atoms with E-state index >= 15 is 0 Å². The second-order valence-corrected chi connectivity index (χ2v) is 4.61. The summed E-state index contributed by atoms with van der Waals surface area (Å²) in [5, 5.41) is 0. The van der Waals surface area contributed by atoms with Gasteiger partial charge in [-0.1, -0.05) is 0 Å². The lowest BCUT2D eigenvalue weighted by atomic mass is 10.0. The molecule has 0 spiro atoms. The highest BCUT2D eigenvalue weighted by Crippen LogP contribution is 2.22. The second-order valence-electron chi connectivity index (χ2n) is 4.61. The van der Waals surface area contributed by atoms with Gasteiger partial charge in [0.15, 0.2) is 0 Å². The van der Waals surface area contributed by atoms with E-state index in [4.69, 9.17) is 16.2 Å². The molecule has 0 aliphatic heterocycles. The smallest absolute Gasteiger partial charge is 0.120 e. The molecule has 84 valence electrons. The highest BCUT2D eigenvalue weighted by atomic mass is 16.5. The zero-order chi connectivity index (χ0) is 11.5. The summed E-state index contributed by atoms with van der Waals surface area (Å²) in [4.78, 5) is 0. The third kappa shape index (κ3) is 4.21. The molecule has 0 fully saturated rings. The van der Waals surface area contributed by atoms with Gasteiger partial charge in [0.2, 0.25) is 0 Å². The number of rotatable bonds is 4. The number of nitrogens with two attached hydrogens (primary N) is 2. The fourth-order valence-corrected chi connectivity index (χ4v) is 1.67. The molecular formula is C12H20N2O. The molecule has 0 aromatic heterocycles. The predicted molar refractivity (Wildman–Crippen MR) is 63.8 cm³/mol. The van der Waals surface area contributed by atoms with Gasteiger partial charge < -0.3 is 16.2 Å². The molecule has 1 atom stereocenters. The summed E-state index contributed by atoms with van der Waals surface area (Å²) in [6.45, 7) is 6.05. The molecule has 1 aromatic carbocycles. The molecule has 3 heteroatoms. The molecule has 1 rings (SSSR count). The van der Waals surface area contributed by atoms with Gasteiger partial charge in [0, 0.05) is 18.2 Å². The van der Waals surface area contributed by atoms with Gasteiger partial charge in [-0.3, -0.25) is 0 Å². The van der Waals surface area contributed by atoms with E-state index in [0.29, 0.717) is 0 Å². The molecule has 1 unspecified atom stereocenters. The summed E-state index contributed by atoms with van der Waals surface area (Å²) in [5.74, 6) is 0.829. The molecule has 0 saturated heterocycles. The molecule has 15 heavy (non-hydrogen) atoms. The summed E-state index contributed by atoms with van der Waals surface area (Å²) in [6, 6.07) is 7.54. The van der Waals surface area contributed by atoms with Gasteiger partial charge in [-0.25, -0.2) is 0 Å². The largest absolute Gasteiger partial charge is 0.488 e. The van der Waals surface area contributed by atoms with Crippen LogP contribution < -0.4 is 16.2 Å². The number of hydrogen-bond donors (Lipinski definition) is 2. The molecule has 0 aliphatic rings. The maximum atomic E-state index is 5.83. The van der Waals surface area contributed by atoms with Crippen LogP contribution in [0.3, 0.4) is 0 Å². The van der Waals surface area contributed by atoms with E-state index in [1.807, 2.05) is 45.0 Å². The fourth-order valence-electron chi connectivity index (χ4n) is 1.67. The average Bonchev–Trinajstić information content (AvgIpc) is 2.06. The summed E-state index contributed by atoms with van der Waals surface area (Å²) in [7, 11) is 0. The third-order valence-corrected chi connectivity index (χ3v) is 2.09. The Labute approximate surface area is 91.4 Å². The van der Waals surface area contributed by atoms with Crippen molar-refractivity contribution in [3.05, 3.63) is 24.3 Å². The van der Waals surface area contributed by atoms with Gasteiger partial charge in [-0.15, -0.1) is 0 Å². The molecule has 0 saturated carbocycles. The summed E-state index contributed by atoms with van der Waals surface area (Å²) in [5.41, 5.74) is 11.8. The first-order valence-corrected chi connectivity index (χ1v) is 5.19. The quantitative estimate of drug-likeness (QED) is 0.745. The Hall–Kier alpha value is -1.22. The Morgan fingerprint density at radius 3 is 2.27 bits per heavy atom. The molecule has 0 aliphatic carbocycles. The van der Waals surface area contributed by atoms with E-state index in [2.05, 4.69) is 0 Å². The van der Waals surface area contributed by atoms with Gasteiger partial charge in [-0.05, 0) is 45.0 Å². The summed E-state index contributed by atoms with van der Waals surface area (Å²) >= 11 is 0. The number of anilines is 1. The van der Waals surface area contributed by atoms with Crippen molar-refractivity contribution in [1.29, 1.82) is 0 Å². The SMILES string of the molecule is CC(N)CC(C)(C)Oc1ccc(N)cc1. The van der Waals surface area contributed by atoms with Gasteiger partial charge in [-0.2, -0.15) is 0 Å². The lowest BCUT2D eigenvalue weighted by Gasteiger charge is -2.28. The van der Waals surface area contributed by atoms with E-state index in [1.165, 1.54) is 0 Å². The maximum Gasteiger partial charge on any atom is 0.120 e. The number of nitrogen functional groups attached to an aromatic ring is 1. The van der Waals surface area contributed by atoms with Crippen molar-refractivity contribution in [3.8, 4) is 5.75 Å². The topological polar surface area (TPSA) is 61.3 Å². The average molecular weight is 208 g/mol. The van der Waals surface area contributed by atoms with E-state index in [0.717, 1.165) is 17.9 Å². The van der Waals surface area contributed by atoms with E-state index < -0.39 is 0 Å². The summed E-state index contributed by atoms with van der Waals surface area (Å²) < 4.78 is 5.83. The van der Waals surface area contributed by atoms with Gasteiger partial charge in [0.25, 0.3) is 0 Å². The van der Waals surface area contributed by atoms with Crippen LogP contribution in [0.5, 0.6) is 5.75 Å². The van der Waals surface area contributed by atoms with Gasteiger partial charge in [0.1, 0.15) is 11.4 Å². The summed E-state index contributed by atoms with van der Waals surface area (Å²) in [6.07, 6.45) is 0.817. The highest BCUT2D eigenvalue weighted by Gasteiger charge is 2.21. The predicted octanol–water partition coefficient (Wildman–Crippen LogP) is 2.16. The first-order chi connectivity index (χ1) is 6.89. The Bertz CT molecular complexity index is 304. The minimum absolute atomic E-state index is 0.133. The fraction of sp³-hybridized carbons (Fsp3) is 0.500. The van der Waals surface area contributed by atoms with Crippen LogP contribution in [0.25, 0.3) is 0 Å². The monoisotopic (exact) mass is 208 g/mol.